The van der Waals surface area contributed by atoms with E-state index in [1.54, 1.807) is 0 Å². The summed E-state index contributed by atoms with van der Waals surface area (Å²) < 4.78 is 0. The first kappa shape index (κ1) is 10.5. The van der Waals surface area contributed by atoms with Gasteiger partial charge in [0.15, 0.2) is 0 Å². The van der Waals surface area contributed by atoms with Crippen LogP contribution in [0.2, 0.25) is 0 Å². The van der Waals surface area contributed by atoms with Gasteiger partial charge in [-0.05, 0) is 18.8 Å². The Kier molecular flexibility index (Phi) is 6.52. The summed E-state index contributed by atoms with van der Waals surface area (Å²) in [6, 6.07) is 2.24. The van der Waals surface area contributed by atoms with Crippen LogP contribution in [-0.2, 0) is 0 Å². The average molecular weight is 147 g/mol. The molecule has 1 aliphatic rings. The van der Waals surface area contributed by atoms with Crippen LogP contribution < -0.4 is 0 Å². The van der Waals surface area contributed by atoms with Gasteiger partial charge in [-0.3, -0.25) is 0 Å². The molecule has 0 spiro atoms. The molecule has 0 aliphatic heterocycles. The predicted octanol–water partition coefficient (Wildman–Crippen LogP) is 1.83. The van der Waals surface area contributed by atoms with E-state index in [9.17, 15) is 0 Å². The van der Waals surface area contributed by atoms with Gasteiger partial charge in [0.1, 0.15) is 0 Å². The van der Waals surface area contributed by atoms with Crippen molar-refractivity contribution >= 4 is 29.6 Å². The third-order valence-corrected chi connectivity index (χ3v) is 2.10. The van der Waals surface area contributed by atoms with Crippen molar-refractivity contribution < 1.29 is 0 Å². The van der Waals surface area contributed by atoms with Crippen molar-refractivity contribution in [1.82, 2.24) is 0 Å². The summed E-state index contributed by atoms with van der Waals surface area (Å²) in [5, 5.41) is 8.37. The Hall–Kier alpha value is 0.490. The quantitative estimate of drug-likeness (QED) is 0.519. The van der Waals surface area contributed by atoms with Crippen molar-refractivity contribution in [3.8, 4) is 6.07 Å². The minimum absolute atomic E-state index is 0. The van der Waals surface area contributed by atoms with E-state index in [0.29, 0.717) is 0 Å². The number of rotatable bonds is 1. The van der Waals surface area contributed by atoms with Crippen LogP contribution >= 0.6 is 0 Å². The molecule has 52 valence electrons. The molecule has 2 heteroatoms. The normalized spacial score (nSPS) is 19.1. The van der Waals surface area contributed by atoms with Gasteiger partial charge < -0.3 is 0 Å². The molecule has 0 aromatic carbocycles. The van der Waals surface area contributed by atoms with Crippen LogP contribution in [0, 0.1) is 17.2 Å². The summed E-state index contributed by atoms with van der Waals surface area (Å²) in [7, 11) is 0. The average Bonchev–Trinajstić information content (AvgIpc) is 1.91. The maximum absolute atomic E-state index is 8.37. The Morgan fingerprint density at radius 2 is 1.80 bits per heavy atom. The third-order valence-electron chi connectivity index (χ3n) is 2.10. The van der Waals surface area contributed by atoms with Gasteiger partial charge in [0.05, 0.1) is 6.07 Å². The van der Waals surface area contributed by atoms with Crippen molar-refractivity contribution in [2.24, 2.45) is 5.92 Å². The topological polar surface area (TPSA) is 23.8 Å². The molecule has 1 rings (SSSR count). The minimum atomic E-state index is 0. The molecule has 0 aromatic rings. The first-order chi connectivity index (χ1) is 4.43. The second kappa shape index (κ2) is 6.22. The fraction of sp³-hybridized carbons (Fsp3) is 0.875. The van der Waals surface area contributed by atoms with E-state index in [1.165, 1.54) is 32.1 Å². The Morgan fingerprint density at radius 3 is 2.30 bits per heavy atom. The fourth-order valence-electron chi connectivity index (χ4n) is 1.52. The second-order valence-electron chi connectivity index (χ2n) is 2.87. The van der Waals surface area contributed by atoms with Gasteiger partial charge in [-0.1, -0.05) is 19.3 Å². The standard InChI is InChI=1S/C8H13N.Na.H/c9-7-6-8-4-2-1-3-5-8;;/h8H,1-6H2;;. The molecule has 0 heterocycles. The Bertz CT molecular complexity index is 111. The molecule has 0 unspecified atom stereocenters. The van der Waals surface area contributed by atoms with E-state index in [4.69, 9.17) is 5.26 Å². The molecule has 0 atom stereocenters. The Balaban J connectivity index is 0.000000810. The number of hydrogen-bond acceptors (Lipinski definition) is 1. The van der Waals surface area contributed by atoms with E-state index in [0.717, 1.165) is 12.3 Å². The van der Waals surface area contributed by atoms with Crippen LogP contribution in [0.3, 0.4) is 0 Å². The molecule has 0 bridgehead atoms. The predicted molar refractivity (Wildman–Crippen MR) is 44.0 cm³/mol. The van der Waals surface area contributed by atoms with Gasteiger partial charge in [-0.15, -0.1) is 0 Å². The third kappa shape index (κ3) is 3.61. The zero-order valence-corrected chi connectivity index (χ0v) is 5.77. The van der Waals surface area contributed by atoms with Gasteiger partial charge in [0.2, 0.25) is 0 Å². The van der Waals surface area contributed by atoms with Gasteiger partial charge in [0, 0.05) is 6.42 Å². The summed E-state index contributed by atoms with van der Waals surface area (Å²) in [6.45, 7) is 0. The molecule has 1 aliphatic carbocycles. The maximum atomic E-state index is 8.37. The zero-order valence-electron chi connectivity index (χ0n) is 5.77. The molecule has 1 fully saturated rings. The van der Waals surface area contributed by atoms with Gasteiger partial charge in [0.25, 0.3) is 0 Å². The Labute approximate surface area is 85.1 Å². The molecule has 1 saturated carbocycles. The van der Waals surface area contributed by atoms with E-state index < -0.39 is 0 Å². The monoisotopic (exact) mass is 147 g/mol. The fourth-order valence-corrected chi connectivity index (χ4v) is 1.52. The van der Waals surface area contributed by atoms with E-state index in [-0.39, 0.29) is 29.6 Å². The second-order valence-corrected chi connectivity index (χ2v) is 2.87. The molecule has 0 saturated heterocycles. The van der Waals surface area contributed by atoms with Crippen molar-refractivity contribution in [3.05, 3.63) is 0 Å². The summed E-state index contributed by atoms with van der Waals surface area (Å²) in [6.07, 6.45) is 7.49. The summed E-state index contributed by atoms with van der Waals surface area (Å²) in [5.41, 5.74) is 0. The van der Waals surface area contributed by atoms with Crippen LogP contribution in [0.1, 0.15) is 38.5 Å². The number of hydrogen-bond donors (Lipinski definition) is 0. The molecule has 0 amide bonds. The molecule has 0 aromatic heterocycles. The SMILES string of the molecule is N#CCC1CCCCC1.[NaH]. The summed E-state index contributed by atoms with van der Waals surface area (Å²) in [4.78, 5) is 0. The van der Waals surface area contributed by atoms with Crippen molar-refractivity contribution in [2.45, 2.75) is 38.5 Å². The van der Waals surface area contributed by atoms with Gasteiger partial charge in [-0.25, -0.2) is 0 Å². The molecule has 10 heavy (non-hydrogen) atoms. The molecular weight excluding hydrogens is 133 g/mol. The van der Waals surface area contributed by atoms with Crippen LogP contribution in [0.4, 0.5) is 0 Å². The molecule has 0 N–H and O–H groups in total. The number of nitriles is 1. The van der Waals surface area contributed by atoms with Crippen LogP contribution in [0.15, 0.2) is 0 Å². The molecule has 0 radical (unpaired) electrons. The van der Waals surface area contributed by atoms with Crippen molar-refractivity contribution in [2.75, 3.05) is 0 Å². The van der Waals surface area contributed by atoms with E-state index >= 15 is 0 Å². The van der Waals surface area contributed by atoms with E-state index in [1.807, 2.05) is 0 Å². The first-order valence-electron chi connectivity index (χ1n) is 3.80. The van der Waals surface area contributed by atoms with Gasteiger partial charge in [-0.2, -0.15) is 5.26 Å². The van der Waals surface area contributed by atoms with Crippen molar-refractivity contribution in [1.29, 1.82) is 5.26 Å². The van der Waals surface area contributed by atoms with Crippen LogP contribution in [-0.4, -0.2) is 29.6 Å². The Morgan fingerprint density at radius 1 is 1.20 bits per heavy atom. The molecular formula is C8H14NNa. The number of nitrogens with zero attached hydrogens (tertiary/aromatic N) is 1. The van der Waals surface area contributed by atoms with E-state index in [2.05, 4.69) is 6.07 Å². The first-order valence-corrected chi connectivity index (χ1v) is 3.80. The zero-order chi connectivity index (χ0) is 6.53. The van der Waals surface area contributed by atoms with Crippen molar-refractivity contribution in [3.63, 3.8) is 0 Å². The summed E-state index contributed by atoms with van der Waals surface area (Å²) in [5.74, 6) is 0.740. The summed E-state index contributed by atoms with van der Waals surface area (Å²) >= 11 is 0. The van der Waals surface area contributed by atoms with Gasteiger partial charge >= 0.3 is 29.6 Å². The van der Waals surface area contributed by atoms with Crippen LogP contribution in [0.25, 0.3) is 0 Å². The molecule has 1 nitrogen and oxygen atoms in total. The van der Waals surface area contributed by atoms with Crippen LogP contribution in [0.5, 0.6) is 0 Å².